The van der Waals surface area contributed by atoms with E-state index < -0.39 is 5.97 Å². The SMILES string of the molecule is C[C@H]1Cc2ccccc2N1C(=O)COC(=O)c1ccc[nH]1. The van der Waals surface area contributed by atoms with Gasteiger partial charge in [0, 0.05) is 17.9 Å². The molecular weight excluding hydrogens is 268 g/mol. The molecule has 2 heterocycles. The number of amides is 1. The summed E-state index contributed by atoms with van der Waals surface area (Å²) in [6.07, 6.45) is 2.46. The van der Waals surface area contributed by atoms with Gasteiger partial charge < -0.3 is 14.6 Å². The lowest BCUT2D eigenvalue weighted by molar-refractivity contribution is -0.122. The van der Waals surface area contributed by atoms with Crippen LogP contribution in [0, 0.1) is 0 Å². The van der Waals surface area contributed by atoms with Gasteiger partial charge in [-0.1, -0.05) is 18.2 Å². The molecule has 1 N–H and O–H groups in total. The van der Waals surface area contributed by atoms with Crippen LogP contribution in [0.25, 0.3) is 0 Å². The van der Waals surface area contributed by atoms with Crippen LogP contribution in [0.2, 0.25) is 0 Å². The van der Waals surface area contributed by atoms with E-state index in [1.807, 2.05) is 31.2 Å². The first-order valence-electron chi connectivity index (χ1n) is 6.87. The minimum absolute atomic E-state index is 0.0825. The lowest BCUT2D eigenvalue weighted by Crippen LogP contribution is -2.38. The Kier molecular flexibility index (Phi) is 3.48. The molecule has 21 heavy (non-hydrogen) atoms. The summed E-state index contributed by atoms with van der Waals surface area (Å²) in [5.74, 6) is -0.721. The van der Waals surface area contributed by atoms with E-state index in [0.29, 0.717) is 5.69 Å². The van der Waals surface area contributed by atoms with Crippen LogP contribution < -0.4 is 4.90 Å². The Bertz CT molecular complexity index is 664. The maximum atomic E-state index is 12.3. The fourth-order valence-electron chi connectivity index (χ4n) is 2.68. The van der Waals surface area contributed by atoms with Crippen LogP contribution in [0.4, 0.5) is 5.69 Å². The van der Waals surface area contributed by atoms with Crippen molar-refractivity contribution in [3.05, 3.63) is 53.9 Å². The Morgan fingerprint density at radius 2 is 2.10 bits per heavy atom. The van der Waals surface area contributed by atoms with E-state index in [4.69, 9.17) is 4.74 Å². The lowest BCUT2D eigenvalue weighted by Gasteiger charge is -2.22. The number of aromatic amines is 1. The Morgan fingerprint density at radius 3 is 2.86 bits per heavy atom. The molecule has 0 saturated heterocycles. The summed E-state index contributed by atoms with van der Waals surface area (Å²) >= 11 is 0. The summed E-state index contributed by atoms with van der Waals surface area (Å²) in [6, 6.07) is 11.2. The average molecular weight is 284 g/mol. The molecule has 1 aromatic carbocycles. The molecule has 0 aliphatic carbocycles. The normalized spacial score (nSPS) is 16.6. The van der Waals surface area contributed by atoms with Crippen molar-refractivity contribution >= 4 is 17.6 Å². The summed E-state index contributed by atoms with van der Waals surface area (Å²) in [5, 5.41) is 0. The molecule has 1 amide bonds. The molecule has 0 bridgehead atoms. The van der Waals surface area contributed by atoms with E-state index >= 15 is 0 Å². The highest BCUT2D eigenvalue weighted by atomic mass is 16.5. The molecular formula is C16H16N2O3. The van der Waals surface area contributed by atoms with E-state index in [9.17, 15) is 9.59 Å². The fourth-order valence-corrected chi connectivity index (χ4v) is 2.68. The Hall–Kier alpha value is -2.56. The highest BCUT2D eigenvalue weighted by molar-refractivity contribution is 5.98. The third-order valence-electron chi connectivity index (χ3n) is 3.62. The number of hydrogen-bond donors (Lipinski definition) is 1. The number of benzene rings is 1. The highest BCUT2D eigenvalue weighted by Crippen LogP contribution is 2.31. The first kappa shape index (κ1) is 13.4. The van der Waals surface area contributed by atoms with Crippen molar-refractivity contribution < 1.29 is 14.3 Å². The van der Waals surface area contributed by atoms with E-state index in [1.54, 1.807) is 23.2 Å². The van der Waals surface area contributed by atoms with Gasteiger partial charge in [-0.15, -0.1) is 0 Å². The first-order chi connectivity index (χ1) is 10.2. The molecule has 1 atom stereocenters. The van der Waals surface area contributed by atoms with Gasteiger partial charge in [0.15, 0.2) is 6.61 Å². The minimum Gasteiger partial charge on any atom is -0.451 e. The van der Waals surface area contributed by atoms with Gasteiger partial charge in [-0.3, -0.25) is 4.79 Å². The topological polar surface area (TPSA) is 62.4 Å². The number of rotatable bonds is 3. The number of ether oxygens (including phenoxy) is 1. The van der Waals surface area contributed by atoms with Crippen LogP contribution in [-0.4, -0.2) is 29.5 Å². The molecule has 0 unspecified atom stereocenters. The molecule has 0 radical (unpaired) electrons. The molecule has 1 aliphatic heterocycles. The zero-order chi connectivity index (χ0) is 14.8. The molecule has 0 saturated carbocycles. The van der Waals surface area contributed by atoms with Crippen LogP contribution in [0.1, 0.15) is 23.0 Å². The van der Waals surface area contributed by atoms with Crippen molar-refractivity contribution in [1.82, 2.24) is 4.98 Å². The molecule has 2 aromatic rings. The maximum absolute atomic E-state index is 12.3. The number of aromatic nitrogens is 1. The van der Waals surface area contributed by atoms with Crippen LogP contribution in [0.15, 0.2) is 42.6 Å². The Morgan fingerprint density at radius 1 is 1.29 bits per heavy atom. The van der Waals surface area contributed by atoms with E-state index in [-0.39, 0.29) is 18.6 Å². The number of hydrogen-bond acceptors (Lipinski definition) is 3. The van der Waals surface area contributed by atoms with Gasteiger partial charge in [0.05, 0.1) is 0 Å². The van der Waals surface area contributed by atoms with Crippen LogP contribution in [-0.2, 0) is 16.0 Å². The molecule has 0 fully saturated rings. The van der Waals surface area contributed by atoms with Crippen molar-refractivity contribution in [3.8, 4) is 0 Å². The van der Waals surface area contributed by atoms with Crippen LogP contribution in [0.5, 0.6) is 0 Å². The predicted octanol–water partition coefficient (Wildman–Crippen LogP) is 2.15. The monoisotopic (exact) mass is 284 g/mol. The molecule has 108 valence electrons. The lowest BCUT2D eigenvalue weighted by atomic mass is 10.1. The van der Waals surface area contributed by atoms with Gasteiger partial charge in [-0.2, -0.15) is 0 Å². The van der Waals surface area contributed by atoms with E-state index in [0.717, 1.165) is 17.7 Å². The third-order valence-corrected chi connectivity index (χ3v) is 3.62. The summed E-state index contributed by atoms with van der Waals surface area (Å²) < 4.78 is 5.06. The molecule has 1 aliphatic rings. The number of carbonyl (C=O) groups excluding carboxylic acids is 2. The molecule has 5 nitrogen and oxygen atoms in total. The number of H-pyrrole nitrogens is 1. The van der Waals surface area contributed by atoms with Gasteiger partial charge in [0.2, 0.25) is 0 Å². The average Bonchev–Trinajstić information content (AvgIpc) is 3.10. The van der Waals surface area contributed by atoms with Gasteiger partial charge in [0.25, 0.3) is 5.91 Å². The van der Waals surface area contributed by atoms with Gasteiger partial charge in [-0.25, -0.2) is 4.79 Å². The van der Waals surface area contributed by atoms with Gasteiger partial charge in [-0.05, 0) is 37.1 Å². The first-order valence-corrected chi connectivity index (χ1v) is 6.87. The fraction of sp³-hybridized carbons (Fsp3) is 0.250. The van der Waals surface area contributed by atoms with Crippen LogP contribution >= 0.6 is 0 Å². The van der Waals surface area contributed by atoms with E-state index in [2.05, 4.69) is 4.98 Å². The third kappa shape index (κ3) is 2.54. The number of nitrogens with one attached hydrogen (secondary N) is 1. The molecule has 5 heteroatoms. The number of para-hydroxylation sites is 1. The standard InChI is InChI=1S/C16H16N2O3/c1-11-9-12-5-2-3-7-14(12)18(11)15(19)10-21-16(20)13-6-4-8-17-13/h2-8,11,17H,9-10H2,1H3/t11-/m0/s1. The zero-order valence-corrected chi connectivity index (χ0v) is 11.7. The van der Waals surface area contributed by atoms with Crippen LogP contribution in [0.3, 0.4) is 0 Å². The van der Waals surface area contributed by atoms with Crippen molar-refractivity contribution in [1.29, 1.82) is 0 Å². The van der Waals surface area contributed by atoms with Gasteiger partial charge >= 0.3 is 5.97 Å². The van der Waals surface area contributed by atoms with Gasteiger partial charge in [0.1, 0.15) is 5.69 Å². The Labute approximate surface area is 122 Å². The highest BCUT2D eigenvalue weighted by Gasteiger charge is 2.30. The molecule has 0 spiro atoms. The predicted molar refractivity (Wildman–Crippen MR) is 78.2 cm³/mol. The van der Waals surface area contributed by atoms with Crippen molar-refractivity contribution in [2.24, 2.45) is 0 Å². The maximum Gasteiger partial charge on any atom is 0.355 e. The Balaban J connectivity index is 1.67. The second kappa shape index (κ2) is 5.44. The minimum atomic E-state index is -0.520. The summed E-state index contributed by atoms with van der Waals surface area (Å²) in [4.78, 5) is 28.5. The molecule has 1 aromatic heterocycles. The number of carbonyl (C=O) groups is 2. The van der Waals surface area contributed by atoms with Crippen molar-refractivity contribution in [3.63, 3.8) is 0 Å². The zero-order valence-electron chi connectivity index (χ0n) is 11.7. The smallest absolute Gasteiger partial charge is 0.355 e. The number of nitrogens with zero attached hydrogens (tertiary/aromatic N) is 1. The summed E-state index contributed by atoms with van der Waals surface area (Å²) in [6.45, 7) is 1.74. The number of anilines is 1. The quantitative estimate of drug-likeness (QED) is 0.878. The number of fused-ring (bicyclic) bond motifs is 1. The second-order valence-corrected chi connectivity index (χ2v) is 5.11. The largest absolute Gasteiger partial charge is 0.451 e. The molecule has 3 rings (SSSR count). The summed E-state index contributed by atoms with van der Waals surface area (Å²) in [7, 11) is 0. The second-order valence-electron chi connectivity index (χ2n) is 5.11. The summed E-state index contributed by atoms with van der Waals surface area (Å²) in [5.41, 5.74) is 2.40. The number of esters is 1. The van der Waals surface area contributed by atoms with Crippen molar-refractivity contribution in [2.75, 3.05) is 11.5 Å². The van der Waals surface area contributed by atoms with E-state index in [1.165, 1.54) is 0 Å². The van der Waals surface area contributed by atoms with Crippen molar-refractivity contribution in [2.45, 2.75) is 19.4 Å².